The quantitative estimate of drug-likeness (QED) is 0.723. The molecule has 2 heterocycles. The first-order valence-corrected chi connectivity index (χ1v) is 6.31. The first kappa shape index (κ1) is 9.95. The molecule has 0 aliphatic carbocycles. The SMILES string of the molecule is C=Cc1cc(N2C3CCC2CC3)ccc1C. The summed E-state index contributed by atoms with van der Waals surface area (Å²) in [5.74, 6) is 0. The lowest BCUT2D eigenvalue weighted by molar-refractivity contribution is 0.576. The molecule has 1 nitrogen and oxygen atoms in total. The molecule has 1 aromatic rings. The van der Waals surface area contributed by atoms with E-state index in [9.17, 15) is 0 Å². The molecule has 2 bridgehead atoms. The molecule has 0 spiro atoms. The molecule has 2 aliphatic heterocycles. The van der Waals surface area contributed by atoms with Crippen LogP contribution in [0.5, 0.6) is 0 Å². The van der Waals surface area contributed by atoms with Crippen molar-refractivity contribution < 1.29 is 0 Å². The molecule has 3 rings (SSSR count). The molecule has 0 amide bonds. The van der Waals surface area contributed by atoms with Gasteiger partial charge in [-0.25, -0.2) is 0 Å². The Hall–Kier alpha value is -1.24. The van der Waals surface area contributed by atoms with Crippen molar-refractivity contribution in [2.75, 3.05) is 4.90 Å². The molecule has 1 aromatic carbocycles. The highest BCUT2D eigenvalue weighted by Crippen LogP contribution is 2.41. The number of anilines is 1. The van der Waals surface area contributed by atoms with Crippen LogP contribution >= 0.6 is 0 Å². The summed E-state index contributed by atoms with van der Waals surface area (Å²) >= 11 is 0. The van der Waals surface area contributed by atoms with Crippen molar-refractivity contribution in [1.29, 1.82) is 0 Å². The zero-order valence-corrected chi connectivity index (χ0v) is 9.95. The minimum Gasteiger partial charge on any atom is -0.366 e. The molecular weight excluding hydrogens is 194 g/mol. The summed E-state index contributed by atoms with van der Waals surface area (Å²) < 4.78 is 0. The maximum atomic E-state index is 3.89. The van der Waals surface area contributed by atoms with Gasteiger partial charge in [-0.2, -0.15) is 0 Å². The van der Waals surface area contributed by atoms with Gasteiger partial charge in [0.05, 0.1) is 0 Å². The van der Waals surface area contributed by atoms with Crippen LogP contribution in [-0.4, -0.2) is 12.1 Å². The third-order valence-corrected chi connectivity index (χ3v) is 4.23. The maximum absolute atomic E-state index is 3.89. The van der Waals surface area contributed by atoms with Crippen LogP contribution in [0.25, 0.3) is 6.08 Å². The zero-order valence-electron chi connectivity index (χ0n) is 9.95. The number of benzene rings is 1. The summed E-state index contributed by atoms with van der Waals surface area (Å²) in [5, 5.41) is 0. The second kappa shape index (κ2) is 3.65. The van der Waals surface area contributed by atoms with Gasteiger partial charge in [0.1, 0.15) is 0 Å². The first-order valence-electron chi connectivity index (χ1n) is 6.31. The lowest BCUT2D eigenvalue weighted by Crippen LogP contribution is -2.27. The highest BCUT2D eigenvalue weighted by atomic mass is 15.2. The van der Waals surface area contributed by atoms with Gasteiger partial charge in [0.15, 0.2) is 0 Å². The third-order valence-electron chi connectivity index (χ3n) is 4.23. The molecule has 84 valence electrons. The summed E-state index contributed by atoms with van der Waals surface area (Å²) in [5.41, 5.74) is 4.01. The van der Waals surface area contributed by atoms with E-state index in [0.717, 1.165) is 12.1 Å². The zero-order chi connectivity index (χ0) is 11.1. The number of hydrogen-bond donors (Lipinski definition) is 0. The fraction of sp³-hybridized carbons (Fsp3) is 0.467. The van der Waals surface area contributed by atoms with E-state index in [2.05, 4.69) is 36.6 Å². The summed E-state index contributed by atoms with van der Waals surface area (Å²) in [6.45, 7) is 6.05. The average Bonchev–Trinajstić information content (AvgIpc) is 2.89. The van der Waals surface area contributed by atoms with E-state index in [-0.39, 0.29) is 0 Å². The van der Waals surface area contributed by atoms with E-state index in [1.807, 2.05) is 6.08 Å². The van der Waals surface area contributed by atoms with Gasteiger partial charge in [-0.05, 0) is 55.9 Å². The lowest BCUT2D eigenvalue weighted by Gasteiger charge is -2.25. The minimum atomic E-state index is 0.811. The van der Waals surface area contributed by atoms with E-state index in [4.69, 9.17) is 0 Å². The molecule has 2 aliphatic rings. The monoisotopic (exact) mass is 213 g/mol. The Kier molecular flexibility index (Phi) is 2.27. The molecule has 16 heavy (non-hydrogen) atoms. The van der Waals surface area contributed by atoms with Crippen LogP contribution < -0.4 is 4.90 Å². The fourth-order valence-corrected chi connectivity index (χ4v) is 3.34. The Balaban J connectivity index is 1.98. The molecule has 0 atom stereocenters. The smallest absolute Gasteiger partial charge is 0.0377 e. The van der Waals surface area contributed by atoms with Crippen molar-refractivity contribution in [3.8, 4) is 0 Å². The highest BCUT2D eigenvalue weighted by Gasteiger charge is 2.39. The third kappa shape index (κ3) is 1.38. The van der Waals surface area contributed by atoms with E-state index >= 15 is 0 Å². The second-order valence-electron chi connectivity index (χ2n) is 5.11. The number of aryl methyl sites for hydroxylation is 1. The van der Waals surface area contributed by atoms with E-state index in [1.54, 1.807) is 0 Å². The molecule has 0 radical (unpaired) electrons. The molecule has 2 saturated heterocycles. The van der Waals surface area contributed by atoms with Crippen LogP contribution in [0.3, 0.4) is 0 Å². The van der Waals surface area contributed by atoms with Crippen molar-refractivity contribution in [2.24, 2.45) is 0 Å². The van der Waals surface area contributed by atoms with Crippen molar-refractivity contribution >= 4 is 11.8 Å². The largest absolute Gasteiger partial charge is 0.366 e. The Morgan fingerprint density at radius 2 is 1.81 bits per heavy atom. The van der Waals surface area contributed by atoms with Crippen molar-refractivity contribution in [3.05, 3.63) is 35.9 Å². The Morgan fingerprint density at radius 3 is 2.38 bits per heavy atom. The van der Waals surface area contributed by atoms with Crippen molar-refractivity contribution in [1.82, 2.24) is 0 Å². The van der Waals surface area contributed by atoms with Gasteiger partial charge < -0.3 is 4.90 Å². The topological polar surface area (TPSA) is 3.24 Å². The van der Waals surface area contributed by atoms with Crippen LogP contribution in [0.2, 0.25) is 0 Å². The normalized spacial score (nSPS) is 27.4. The van der Waals surface area contributed by atoms with Gasteiger partial charge in [-0.1, -0.05) is 18.7 Å². The molecule has 0 aromatic heterocycles. The number of rotatable bonds is 2. The first-order chi connectivity index (χ1) is 7.79. The van der Waals surface area contributed by atoms with Gasteiger partial charge in [0, 0.05) is 17.8 Å². The standard InChI is InChI=1S/C15H19N/c1-3-12-10-15(5-4-11(12)2)16-13-6-7-14(16)9-8-13/h3-5,10,13-14H,1,6-9H2,2H3. The summed E-state index contributed by atoms with van der Waals surface area (Å²) in [6, 6.07) is 8.43. The molecule has 2 fully saturated rings. The molecule has 0 N–H and O–H groups in total. The lowest BCUT2D eigenvalue weighted by atomic mass is 10.0. The van der Waals surface area contributed by atoms with E-state index < -0.39 is 0 Å². The van der Waals surface area contributed by atoms with Crippen LogP contribution in [-0.2, 0) is 0 Å². The Labute approximate surface area is 97.8 Å². The molecule has 0 saturated carbocycles. The van der Waals surface area contributed by atoms with Gasteiger partial charge in [-0.3, -0.25) is 0 Å². The van der Waals surface area contributed by atoms with Crippen LogP contribution in [0.1, 0.15) is 36.8 Å². The summed E-state index contributed by atoms with van der Waals surface area (Å²) in [7, 11) is 0. The maximum Gasteiger partial charge on any atom is 0.0377 e. The van der Waals surface area contributed by atoms with Gasteiger partial charge in [0.25, 0.3) is 0 Å². The van der Waals surface area contributed by atoms with Gasteiger partial charge >= 0.3 is 0 Å². The molecule has 1 heteroatoms. The van der Waals surface area contributed by atoms with Crippen molar-refractivity contribution in [3.63, 3.8) is 0 Å². The van der Waals surface area contributed by atoms with Gasteiger partial charge in [-0.15, -0.1) is 0 Å². The Morgan fingerprint density at radius 1 is 1.19 bits per heavy atom. The minimum absolute atomic E-state index is 0.811. The number of nitrogens with zero attached hydrogens (tertiary/aromatic N) is 1. The number of hydrogen-bond acceptors (Lipinski definition) is 1. The van der Waals surface area contributed by atoms with Crippen LogP contribution in [0, 0.1) is 6.92 Å². The summed E-state index contributed by atoms with van der Waals surface area (Å²) in [6.07, 6.45) is 7.53. The molecule has 0 unspecified atom stereocenters. The predicted octanol–water partition coefficient (Wildman–Crippen LogP) is 3.77. The van der Waals surface area contributed by atoms with E-state index in [0.29, 0.717) is 0 Å². The van der Waals surface area contributed by atoms with E-state index in [1.165, 1.54) is 42.5 Å². The molecular formula is C15H19N. The summed E-state index contributed by atoms with van der Waals surface area (Å²) in [4.78, 5) is 2.65. The van der Waals surface area contributed by atoms with Gasteiger partial charge in [0.2, 0.25) is 0 Å². The second-order valence-corrected chi connectivity index (χ2v) is 5.11. The van der Waals surface area contributed by atoms with Crippen molar-refractivity contribution in [2.45, 2.75) is 44.7 Å². The predicted molar refractivity (Wildman–Crippen MR) is 69.8 cm³/mol. The average molecular weight is 213 g/mol. The fourth-order valence-electron chi connectivity index (χ4n) is 3.34. The van der Waals surface area contributed by atoms with Crippen LogP contribution in [0.4, 0.5) is 5.69 Å². The van der Waals surface area contributed by atoms with Crippen LogP contribution in [0.15, 0.2) is 24.8 Å². The highest BCUT2D eigenvalue weighted by molar-refractivity contribution is 5.62. The number of fused-ring (bicyclic) bond motifs is 2. The Bertz CT molecular complexity index is 401.